The van der Waals surface area contributed by atoms with Crippen molar-refractivity contribution in [2.75, 3.05) is 26.4 Å². The highest BCUT2D eigenvalue weighted by molar-refractivity contribution is 5.75. The Morgan fingerprint density at radius 2 is 1.80 bits per heavy atom. The van der Waals surface area contributed by atoms with Crippen LogP contribution in [-0.2, 0) is 23.8 Å². The van der Waals surface area contributed by atoms with Crippen molar-refractivity contribution < 1.29 is 28.9 Å². The minimum Gasteiger partial charge on any atom is -0.481 e. The van der Waals surface area contributed by atoms with Crippen molar-refractivity contribution >= 4 is 17.9 Å². The van der Waals surface area contributed by atoms with Crippen molar-refractivity contribution in [3.05, 3.63) is 11.6 Å². The van der Waals surface area contributed by atoms with Gasteiger partial charge in [-0.3, -0.25) is 14.6 Å². The fraction of sp³-hybridized carbons (Fsp3) is 0.861. The van der Waals surface area contributed by atoms with Crippen molar-refractivity contribution in [2.24, 2.45) is 73.1 Å². The summed E-state index contributed by atoms with van der Waals surface area (Å²) in [6.07, 6.45) is 7.75. The standard InChI is InChI=1S/C36H59N3O6/c1-21(2)22(3)32(5)14-15-34(7)24-10-11-27-33(6)19-43-20-36(27,25(24)12-13-35(34,8)28(32)30(41)42)18-26(45-23(4)40)29(33)44-17-9-16-39-31(37)38/h12,21-22,24,26-29H,9-11,13-20H2,1-8H3,(H,41,42)(H4,37,38,39)/t22-,24+,26-,27+,28-,29+,32-,33?,34-,35+,36+/m1/s1. The number of nitrogens with two attached hydrogens (primary N) is 2. The Morgan fingerprint density at radius 1 is 1.09 bits per heavy atom. The molecule has 1 heterocycles. The van der Waals surface area contributed by atoms with Gasteiger partial charge in [0.15, 0.2) is 5.96 Å². The average Bonchev–Trinajstić information content (AvgIpc) is 2.93. The number of aliphatic carboxylic acids is 1. The number of carboxylic acid groups (broad SMARTS) is 1. The molecule has 254 valence electrons. The zero-order valence-electron chi connectivity index (χ0n) is 29.0. The first-order chi connectivity index (χ1) is 21.0. The molecule has 9 heteroatoms. The zero-order valence-corrected chi connectivity index (χ0v) is 29.0. The number of guanidine groups is 1. The predicted molar refractivity (Wildman–Crippen MR) is 174 cm³/mol. The quantitative estimate of drug-likeness (QED) is 0.0989. The van der Waals surface area contributed by atoms with Gasteiger partial charge in [-0.1, -0.05) is 60.1 Å². The van der Waals surface area contributed by atoms with Crippen LogP contribution in [0.4, 0.5) is 0 Å². The van der Waals surface area contributed by atoms with Crippen LogP contribution in [0.3, 0.4) is 0 Å². The largest absolute Gasteiger partial charge is 0.481 e. The number of allylic oxidation sites excluding steroid dienone is 1. The summed E-state index contributed by atoms with van der Waals surface area (Å²) >= 11 is 0. The minimum atomic E-state index is -0.650. The number of nitrogens with zero attached hydrogens (tertiary/aromatic N) is 1. The maximum absolute atomic E-state index is 13.3. The molecular formula is C36H59N3O6. The highest BCUT2D eigenvalue weighted by Gasteiger charge is 2.72. The monoisotopic (exact) mass is 629 g/mol. The first kappa shape index (κ1) is 34.2. The number of rotatable bonds is 9. The Morgan fingerprint density at radius 3 is 2.42 bits per heavy atom. The molecule has 11 atom stereocenters. The van der Waals surface area contributed by atoms with Gasteiger partial charge in [0.25, 0.3) is 0 Å². The lowest BCUT2D eigenvalue weighted by molar-refractivity contribution is -0.267. The third-order valence-electron chi connectivity index (χ3n) is 14.3. The topological polar surface area (TPSA) is 146 Å². The molecule has 2 bridgehead atoms. The van der Waals surface area contributed by atoms with Crippen molar-refractivity contribution in [1.29, 1.82) is 0 Å². The maximum atomic E-state index is 13.3. The van der Waals surface area contributed by atoms with Gasteiger partial charge < -0.3 is 30.8 Å². The van der Waals surface area contributed by atoms with Crippen molar-refractivity contribution in [2.45, 2.75) is 113 Å². The molecule has 1 unspecified atom stereocenters. The average molecular weight is 630 g/mol. The summed E-state index contributed by atoms with van der Waals surface area (Å²) in [6, 6.07) is 0. The summed E-state index contributed by atoms with van der Waals surface area (Å²) in [4.78, 5) is 29.9. The van der Waals surface area contributed by atoms with E-state index in [1.807, 2.05) is 0 Å². The molecule has 4 aliphatic carbocycles. The summed E-state index contributed by atoms with van der Waals surface area (Å²) in [7, 11) is 0. The molecule has 0 aromatic carbocycles. The van der Waals surface area contributed by atoms with E-state index in [4.69, 9.17) is 25.7 Å². The number of hydrogen-bond acceptors (Lipinski definition) is 6. The molecule has 5 N–H and O–H groups in total. The first-order valence-corrected chi connectivity index (χ1v) is 17.3. The number of fused-ring (bicyclic) bond motifs is 3. The summed E-state index contributed by atoms with van der Waals surface area (Å²) in [5.41, 5.74) is 11.0. The van der Waals surface area contributed by atoms with E-state index in [1.165, 1.54) is 12.5 Å². The van der Waals surface area contributed by atoms with Crippen LogP contribution in [0.5, 0.6) is 0 Å². The Labute approximate surface area is 270 Å². The van der Waals surface area contributed by atoms with Crippen molar-refractivity contribution in [1.82, 2.24) is 0 Å². The van der Waals surface area contributed by atoms with E-state index in [0.29, 0.717) is 57.0 Å². The van der Waals surface area contributed by atoms with Gasteiger partial charge >= 0.3 is 11.9 Å². The van der Waals surface area contributed by atoms with Crippen LogP contribution in [0.25, 0.3) is 0 Å². The molecule has 0 amide bonds. The maximum Gasteiger partial charge on any atom is 0.307 e. The van der Waals surface area contributed by atoms with Crippen LogP contribution in [-0.4, -0.2) is 61.6 Å². The van der Waals surface area contributed by atoms with E-state index >= 15 is 0 Å². The third kappa shape index (κ3) is 5.13. The van der Waals surface area contributed by atoms with Gasteiger partial charge in [0, 0.05) is 30.9 Å². The highest BCUT2D eigenvalue weighted by atomic mass is 16.6. The molecule has 0 spiro atoms. The van der Waals surface area contributed by atoms with Gasteiger partial charge in [-0.2, -0.15) is 0 Å². The lowest BCUT2D eigenvalue weighted by atomic mass is 9.34. The number of carbonyl (C=O) groups is 2. The van der Waals surface area contributed by atoms with Crippen molar-refractivity contribution in [3.8, 4) is 0 Å². The van der Waals surface area contributed by atoms with Gasteiger partial charge in [-0.15, -0.1) is 0 Å². The second-order valence-electron chi connectivity index (χ2n) is 16.6. The second-order valence-corrected chi connectivity index (χ2v) is 16.6. The normalized spacial score (nSPS) is 44.5. The summed E-state index contributed by atoms with van der Waals surface area (Å²) < 4.78 is 19.2. The lowest BCUT2D eigenvalue weighted by Gasteiger charge is -2.71. The molecule has 0 aromatic rings. The Kier molecular flexibility index (Phi) is 9.00. The summed E-state index contributed by atoms with van der Waals surface area (Å²) in [5.74, 6) is -0.0346. The fourth-order valence-electron chi connectivity index (χ4n) is 11.7. The summed E-state index contributed by atoms with van der Waals surface area (Å²) in [5, 5.41) is 10.9. The van der Waals surface area contributed by atoms with Gasteiger partial charge in [-0.25, -0.2) is 0 Å². The molecule has 0 aromatic heterocycles. The SMILES string of the molecule is CC(=O)O[C@@H]1C[C@@]23COCC(C)([C@H]1OCCCN=C(N)N)[C@@H]2CC[C@H]1C3=CC[C@@]2(C)[C@H](C(=O)O)[C@@](C)([C@H](C)C(C)C)CC[C@]12C. The van der Waals surface area contributed by atoms with Crippen LogP contribution in [0.2, 0.25) is 0 Å². The molecule has 0 radical (unpaired) electrons. The van der Waals surface area contributed by atoms with Crippen LogP contribution in [0.1, 0.15) is 100 Å². The van der Waals surface area contributed by atoms with Crippen LogP contribution in [0, 0.1) is 56.7 Å². The van der Waals surface area contributed by atoms with Gasteiger partial charge in [-0.05, 0) is 84.9 Å². The van der Waals surface area contributed by atoms with E-state index in [9.17, 15) is 14.7 Å². The molecule has 45 heavy (non-hydrogen) atoms. The molecule has 4 fully saturated rings. The van der Waals surface area contributed by atoms with E-state index in [-0.39, 0.29) is 51.0 Å². The van der Waals surface area contributed by atoms with E-state index in [0.717, 1.165) is 32.1 Å². The van der Waals surface area contributed by atoms with Gasteiger partial charge in [0.05, 0.1) is 19.1 Å². The third-order valence-corrected chi connectivity index (χ3v) is 14.3. The second kappa shape index (κ2) is 11.8. The van der Waals surface area contributed by atoms with E-state index in [2.05, 4.69) is 59.5 Å². The van der Waals surface area contributed by atoms with Gasteiger partial charge in [0.2, 0.25) is 0 Å². The Hall–Kier alpha value is -2.13. The van der Waals surface area contributed by atoms with Gasteiger partial charge in [0.1, 0.15) is 12.2 Å². The summed E-state index contributed by atoms with van der Waals surface area (Å²) in [6.45, 7) is 19.5. The fourth-order valence-corrected chi connectivity index (χ4v) is 11.7. The molecule has 1 saturated heterocycles. The number of carbonyl (C=O) groups excluding carboxylic acids is 1. The number of hydrogen-bond donors (Lipinski definition) is 3. The highest BCUT2D eigenvalue weighted by Crippen LogP contribution is 2.75. The molecular weight excluding hydrogens is 570 g/mol. The minimum absolute atomic E-state index is 0.0666. The Balaban J connectivity index is 1.53. The molecule has 9 nitrogen and oxygen atoms in total. The lowest BCUT2D eigenvalue weighted by Crippen LogP contribution is -2.70. The van der Waals surface area contributed by atoms with E-state index < -0.39 is 18.0 Å². The molecule has 5 aliphatic rings. The molecule has 5 rings (SSSR count). The number of aliphatic imine (C=N–C) groups is 1. The smallest absolute Gasteiger partial charge is 0.307 e. The zero-order chi connectivity index (χ0) is 33.2. The number of ether oxygens (including phenoxy) is 3. The number of carboxylic acids is 1. The Bertz CT molecular complexity index is 1230. The number of esters is 1. The first-order valence-electron chi connectivity index (χ1n) is 17.3. The molecule has 3 saturated carbocycles. The van der Waals surface area contributed by atoms with E-state index in [1.54, 1.807) is 0 Å². The van der Waals surface area contributed by atoms with Crippen LogP contribution >= 0.6 is 0 Å². The van der Waals surface area contributed by atoms with Crippen LogP contribution in [0.15, 0.2) is 16.6 Å². The molecule has 1 aliphatic heterocycles. The van der Waals surface area contributed by atoms with Crippen LogP contribution < -0.4 is 11.5 Å². The predicted octanol–water partition coefficient (Wildman–Crippen LogP) is 5.56. The van der Waals surface area contributed by atoms with Crippen molar-refractivity contribution in [3.63, 3.8) is 0 Å².